The molecule has 0 radical (unpaired) electrons. The molecule has 0 N–H and O–H groups in total. The Hall–Kier alpha value is -2.76. The van der Waals surface area contributed by atoms with Gasteiger partial charge in [-0.15, -0.1) is 0 Å². The summed E-state index contributed by atoms with van der Waals surface area (Å²) in [5, 5.41) is 18.9. The number of fused-ring (bicyclic) bond motifs is 1. The lowest BCUT2D eigenvalue weighted by atomic mass is 10.1. The summed E-state index contributed by atoms with van der Waals surface area (Å²) in [6.45, 7) is 1.03. The van der Waals surface area contributed by atoms with Crippen LogP contribution in [0.1, 0.15) is 5.56 Å². The first-order chi connectivity index (χ1) is 10.1. The van der Waals surface area contributed by atoms with E-state index in [1.807, 2.05) is 18.2 Å². The van der Waals surface area contributed by atoms with Crippen LogP contribution in [0.25, 0.3) is 0 Å². The summed E-state index contributed by atoms with van der Waals surface area (Å²) in [6.07, 6.45) is 1.02. The van der Waals surface area contributed by atoms with Crippen molar-refractivity contribution in [1.82, 2.24) is 0 Å². The van der Waals surface area contributed by atoms with Crippen LogP contribution in [0.3, 0.4) is 0 Å². The minimum Gasteiger partial charge on any atom is -0.374 e. The van der Waals surface area contributed by atoms with Crippen molar-refractivity contribution < 1.29 is 4.92 Å². The van der Waals surface area contributed by atoms with Gasteiger partial charge >= 0.3 is 0 Å². The zero-order chi connectivity index (χ0) is 14.8. The number of hydrogen-bond donors (Lipinski definition) is 0. The van der Waals surface area contributed by atoms with E-state index in [1.165, 1.54) is 23.4 Å². The highest BCUT2D eigenvalue weighted by molar-refractivity contribution is 5.62. The van der Waals surface area contributed by atoms with Crippen molar-refractivity contribution in [2.45, 2.75) is 6.42 Å². The topological polar surface area (TPSA) is 71.1 Å². The molecule has 3 rings (SSSR count). The van der Waals surface area contributed by atoms with E-state index < -0.39 is 4.92 Å². The number of hydrogen-bond acceptors (Lipinski definition) is 5. The van der Waals surface area contributed by atoms with Crippen LogP contribution in [0.15, 0.2) is 52.7 Å². The van der Waals surface area contributed by atoms with Crippen molar-refractivity contribution in [1.29, 1.82) is 0 Å². The van der Waals surface area contributed by atoms with Crippen LogP contribution in [0.4, 0.5) is 22.7 Å². The standard InChI is InChI=1S/C15H14N4O2/c1-18-9-8-11-10-13(4-7-15(11)18)17-16-12-2-5-14(6-3-12)19(20)21/h2-7,10H,8-9H2,1H3/b17-16+. The second-order valence-electron chi connectivity index (χ2n) is 4.96. The summed E-state index contributed by atoms with van der Waals surface area (Å²) >= 11 is 0. The maximum absolute atomic E-state index is 10.6. The molecule has 1 heterocycles. The SMILES string of the molecule is CN1CCc2cc(/N=N/c3ccc([N+](=O)[O-])cc3)ccc21. The highest BCUT2D eigenvalue weighted by atomic mass is 16.6. The first kappa shape index (κ1) is 13.2. The van der Waals surface area contributed by atoms with Gasteiger partial charge in [0.15, 0.2) is 0 Å². The fraction of sp³-hybridized carbons (Fsp3) is 0.200. The van der Waals surface area contributed by atoms with Gasteiger partial charge in [-0.1, -0.05) is 0 Å². The molecule has 0 atom stereocenters. The molecule has 2 aromatic rings. The Morgan fingerprint density at radius 2 is 1.76 bits per heavy atom. The van der Waals surface area contributed by atoms with E-state index in [-0.39, 0.29) is 5.69 Å². The Morgan fingerprint density at radius 3 is 2.48 bits per heavy atom. The van der Waals surface area contributed by atoms with E-state index in [0.717, 1.165) is 18.7 Å². The molecular formula is C15H14N4O2. The van der Waals surface area contributed by atoms with Crippen molar-refractivity contribution in [2.75, 3.05) is 18.5 Å². The average molecular weight is 282 g/mol. The summed E-state index contributed by atoms with van der Waals surface area (Å²) in [7, 11) is 2.07. The number of azo groups is 1. The number of anilines is 1. The molecule has 6 nitrogen and oxygen atoms in total. The minimum absolute atomic E-state index is 0.0505. The Balaban J connectivity index is 1.78. The summed E-state index contributed by atoms with van der Waals surface area (Å²) in [5.74, 6) is 0. The number of nitrogens with zero attached hydrogens (tertiary/aromatic N) is 4. The molecule has 106 valence electrons. The molecule has 0 unspecified atom stereocenters. The van der Waals surface area contributed by atoms with Gasteiger partial charge in [0.05, 0.1) is 16.3 Å². The van der Waals surface area contributed by atoms with Crippen molar-refractivity contribution in [2.24, 2.45) is 10.2 Å². The third-order valence-electron chi connectivity index (χ3n) is 3.53. The van der Waals surface area contributed by atoms with Gasteiger partial charge in [-0.25, -0.2) is 0 Å². The zero-order valence-electron chi connectivity index (χ0n) is 11.6. The maximum atomic E-state index is 10.6. The van der Waals surface area contributed by atoms with Crippen LogP contribution in [0.2, 0.25) is 0 Å². The molecule has 0 aromatic heterocycles. The number of rotatable bonds is 3. The fourth-order valence-electron chi connectivity index (χ4n) is 2.37. The van der Waals surface area contributed by atoms with Gasteiger partial charge in [0, 0.05) is 31.4 Å². The van der Waals surface area contributed by atoms with Gasteiger partial charge < -0.3 is 4.90 Å². The Kier molecular flexibility index (Phi) is 3.35. The third kappa shape index (κ3) is 2.74. The lowest BCUT2D eigenvalue weighted by Gasteiger charge is -2.11. The Labute approximate surface area is 121 Å². The highest BCUT2D eigenvalue weighted by Crippen LogP contribution is 2.31. The molecule has 6 heteroatoms. The van der Waals surface area contributed by atoms with E-state index in [9.17, 15) is 10.1 Å². The first-order valence-corrected chi connectivity index (χ1v) is 6.64. The van der Waals surface area contributed by atoms with E-state index in [0.29, 0.717) is 5.69 Å². The highest BCUT2D eigenvalue weighted by Gasteiger charge is 2.15. The van der Waals surface area contributed by atoms with Gasteiger partial charge in [0.25, 0.3) is 5.69 Å². The molecule has 0 bridgehead atoms. The average Bonchev–Trinajstić information content (AvgIpc) is 2.86. The second kappa shape index (κ2) is 5.32. The van der Waals surface area contributed by atoms with E-state index >= 15 is 0 Å². The molecule has 2 aromatic carbocycles. The van der Waals surface area contributed by atoms with E-state index in [2.05, 4.69) is 22.2 Å². The number of nitro benzene ring substituents is 1. The smallest absolute Gasteiger partial charge is 0.269 e. The summed E-state index contributed by atoms with van der Waals surface area (Å²) in [4.78, 5) is 12.4. The maximum Gasteiger partial charge on any atom is 0.269 e. The quantitative estimate of drug-likeness (QED) is 0.485. The molecule has 0 aliphatic carbocycles. The third-order valence-corrected chi connectivity index (χ3v) is 3.53. The molecule has 1 aliphatic rings. The van der Waals surface area contributed by atoms with Crippen molar-refractivity contribution in [3.05, 3.63) is 58.1 Å². The molecule has 0 saturated carbocycles. The van der Waals surface area contributed by atoms with Crippen molar-refractivity contribution in [3.8, 4) is 0 Å². The van der Waals surface area contributed by atoms with Crippen molar-refractivity contribution in [3.63, 3.8) is 0 Å². The largest absolute Gasteiger partial charge is 0.374 e. The van der Waals surface area contributed by atoms with E-state index in [1.54, 1.807) is 12.1 Å². The van der Waals surface area contributed by atoms with Gasteiger partial charge in [0.1, 0.15) is 0 Å². The van der Waals surface area contributed by atoms with Crippen molar-refractivity contribution >= 4 is 22.7 Å². The van der Waals surface area contributed by atoms with Crippen LogP contribution in [0.5, 0.6) is 0 Å². The molecule has 1 aliphatic heterocycles. The van der Waals surface area contributed by atoms with Crippen LogP contribution in [0, 0.1) is 10.1 Å². The van der Waals surface area contributed by atoms with E-state index in [4.69, 9.17) is 0 Å². The lowest BCUT2D eigenvalue weighted by Crippen LogP contribution is -2.12. The van der Waals surface area contributed by atoms with Gasteiger partial charge in [-0.05, 0) is 42.3 Å². The number of likely N-dealkylation sites (N-methyl/N-ethyl adjacent to an activating group) is 1. The summed E-state index contributed by atoms with van der Waals surface area (Å²) < 4.78 is 0. The van der Waals surface area contributed by atoms with Crippen LogP contribution in [-0.2, 0) is 6.42 Å². The lowest BCUT2D eigenvalue weighted by molar-refractivity contribution is -0.384. The van der Waals surface area contributed by atoms with Crippen LogP contribution >= 0.6 is 0 Å². The zero-order valence-corrected chi connectivity index (χ0v) is 11.6. The number of benzene rings is 2. The minimum atomic E-state index is -0.433. The Bertz CT molecular complexity index is 710. The Morgan fingerprint density at radius 1 is 1.10 bits per heavy atom. The summed E-state index contributed by atoms with van der Waals surface area (Å²) in [6, 6.07) is 12.0. The van der Waals surface area contributed by atoms with Crippen LogP contribution in [-0.4, -0.2) is 18.5 Å². The molecule has 21 heavy (non-hydrogen) atoms. The molecule has 0 saturated heterocycles. The summed E-state index contributed by atoms with van der Waals surface area (Å²) in [5.41, 5.74) is 3.96. The predicted molar refractivity (Wildman–Crippen MR) is 80.7 cm³/mol. The fourth-order valence-corrected chi connectivity index (χ4v) is 2.37. The van der Waals surface area contributed by atoms with Crippen LogP contribution < -0.4 is 4.90 Å². The molecule has 0 amide bonds. The molecular weight excluding hydrogens is 268 g/mol. The second-order valence-corrected chi connectivity index (χ2v) is 4.96. The number of nitro groups is 1. The van der Waals surface area contributed by atoms with Gasteiger partial charge in [-0.3, -0.25) is 10.1 Å². The molecule has 0 fully saturated rings. The number of non-ortho nitro benzene ring substituents is 1. The first-order valence-electron chi connectivity index (χ1n) is 6.64. The monoisotopic (exact) mass is 282 g/mol. The van der Waals surface area contributed by atoms with Gasteiger partial charge in [0.2, 0.25) is 0 Å². The predicted octanol–water partition coefficient (Wildman–Crippen LogP) is 4.00. The van der Waals surface area contributed by atoms with Gasteiger partial charge in [-0.2, -0.15) is 10.2 Å². The normalized spacial score (nSPS) is 13.7. The molecule has 0 spiro atoms.